The largest absolute Gasteiger partial charge is 0.504 e. The predicted molar refractivity (Wildman–Crippen MR) is 77.6 cm³/mol. The number of carboxylic acids is 1. The molecule has 6 nitrogen and oxygen atoms in total. The fraction of sp³-hybridized carbons (Fsp3) is 0.467. The molecule has 116 valence electrons. The summed E-state index contributed by atoms with van der Waals surface area (Å²) in [7, 11) is 1.39. The maximum Gasteiger partial charge on any atom is 0.305 e. The number of nitrogens with one attached hydrogen (secondary N) is 1. The number of amides is 1. The lowest BCUT2D eigenvalue weighted by molar-refractivity contribution is -0.137. The molecular weight excluding hydrogens is 274 g/mol. The maximum absolute atomic E-state index is 12.2. The lowest BCUT2D eigenvalue weighted by Gasteiger charge is -2.19. The molecule has 1 amide bonds. The molecule has 0 unspecified atom stereocenters. The van der Waals surface area contributed by atoms with Gasteiger partial charge in [-0.3, -0.25) is 9.59 Å². The SMILES string of the molecule is COc1cccc(C(=O)N[C@@H](CC(=O)O)CC(C)C)c1O. The average molecular weight is 295 g/mol. The molecule has 1 rings (SSSR count). The van der Waals surface area contributed by atoms with Crippen LogP contribution in [0.25, 0.3) is 0 Å². The van der Waals surface area contributed by atoms with E-state index in [1.165, 1.54) is 19.2 Å². The van der Waals surface area contributed by atoms with Crippen molar-refractivity contribution in [2.75, 3.05) is 7.11 Å². The van der Waals surface area contributed by atoms with Crippen LogP contribution in [0.5, 0.6) is 11.5 Å². The molecule has 0 fully saturated rings. The Kier molecular flexibility index (Phi) is 6.02. The summed E-state index contributed by atoms with van der Waals surface area (Å²) >= 11 is 0. The van der Waals surface area contributed by atoms with Crippen LogP contribution in [0, 0.1) is 5.92 Å². The normalized spacial score (nSPS) is 12.0. The molecule has 1 aromatic carbocycles. The fourth-order valence-corrected chi connectivity index (χ4v) is 2.11. The number of phenolic OH excluding ortho intramolecular Hbond substituents is 1. The lowest BCUT2D eigenvalue weighted by Crippen LogP contribution is -2.37. The number of para-hydroxylation sites is 1. The van der Waals surface area contributed by atoms with Crippen LogP contribution in [0.3, 0.4) is 0 Å². The van der Waals surface area contributed by atoms with Gasteiger partial charge in [0, 0.05) is 6.04 Å². The molecular formula is C15H21NO5. The molecule has 0 aliphatic rings. The van der Waals surface area contributed by atoms with Crippen molar-refractivity contribution < 1.29 is 24.5 Å². The third-order valence-electron chi connectivity index (χ3n) is 2.98. The van der Waals surface area contributed by atoms with E-state index in [1.54, 1.807) is 6.07 Å². The monoisotopic (exact) mass is 295 g/mol. The number of carbonyl (C=O) groups excluding carboxylic acids is 1. The first-order valence-corrected chi connectivity index (χ1v) is 6.73. The van der Waals surface area contributed by atoms with E-state index in [9.17, 15) is 14.7 Å². The number of carbonyl (C=O) groups is 2. The zero-order valence-corrected chi connectivity index (χ0v) is 12.4. The van der Waals surface area contributed by atoms with Gasteiger partial charge in [-0.1, -0.05) is 19.9 Å². The van der Waals surface area contributed by atoms with Crippen LogP contribution in [0.15, 0.2) is 18.2 Å². The van der Waals surface area contributed by atoms with Gasteiger partial charge < -0.3 is 20.3 Å². The molecule has 0 spiro atoms. The Hall–Kier alpha value is -2.24. The summed E-state index contributed by atoms with van der Waals surface area (Å²) < 4.78 is 4.95. The zero-order chi connectivity index (χ0) is 16.0. The second kappa shape index (κ2) is 7.52. The van der Waals surface area contributed by atoms with Gasteiger partial charge in [-0.15, -0.1) is 0 Å². The molecule has 6 heteroatoms. The van der Waals surface area contributed by atoms with Crippen LogP contribution in [-0.4, -0.2) is 35.2 Å². The van der Waals surface area contributed by atoms with Gasteiger partial charge in [-0.25, -0.2) is 0 Å². The molecule has 0 aliphatic carbocycles. The van der Waals surface area contributed by atoms with Crippen LogP contribution in [0.4, 0.5) is 0 Å². The molecule has 21 heavy (non-hydrogen) atoms. The van der Waals surface area contributed by atoms with Gasteiger partial charge >= 0.3 is 5.97 Å². The molecule has 0 heterocycles. The Morgan fingerprint density at radius 2 is 2.00 bits per heavy atom. The quantitative estimate of drug-likeness (QED) is 0.715. The Morgan fingerprint density at radius 1 is 1.33 bits per heavy atom. The van der Waals surface area contributed by atoms with E-state index in [4.69, 9.17) is 9.84 Å². The highest BCUT2D eigenvalue weighted by atomic mass is 16.5. The van der Waals surface area contributed by atoms with E-state index in [0.29, 0.717) is 6.42 Å². The van der Waals surface area contributed by atoms with Crippen LogP contribution in [0.1, 0.15) is 37.0 Å². The van der Waals surface area contributed by atoms with Crippen LogP contribution < -0.4 is 10.1 Å². The van der Waals surface area contributed by atoms with E-state index in [-0.39, 0.29) is 29.4 Å². The summed E-state index contributed by atoms with van der Waals surface area (Å²) in [6.45, 7) is 3.90. The number of ether oxygens (including phenoxy) is 1. The van der Waals surface area contributed by atoms with Crippen LogP contribution >= 0.6 is 0 Å². The van der Waals surface area contributed by atoms with Gasteiger partial charge in [-0.05, 0) is 24.5 Å². The first-order valence-electron chi connectivity index (χ1n) is 6.73. The fourth-order valence-electron chi connectivity index (χ4n) is 2.11. The number of carboxylic acid groups (broad SMARTS) is 1. The molecule has 0 aliphatic heterocycles. The molecule has 1 atom stereocenters. The topological polar surface area (TPSA) is 95.9 Å². The molecule has 0 saturated heterocycles. The van der Waals surface area contributed by atoms with Crippen molar-refractivity contribution in [3.8, 4) is 11.5 Å². The smallest absolute Gasteiger partial charge is 0.305 e. The lowest BCUT2D eigenvalue weighted by atomic mass is 10.0. The Labute approximate surface area is 123 Å². The van der Waals surface area contributed by atoms with Crippen molar-refractivity contribution in [2.24, 2.45) is 5.92 Å². The number of aromatic hydroxyl groups is 1. The van der Waals surface area contributed by atoms with E-state index < -0.39 is 17.9 Å². The van der Waals surface area contributed by atoms with Crippen LogP contribution in [0.2, 0.25) is 0 Å². The zero-order valence-electron chi connectivity index (χ0n) is 12.4. The summed E-state index contributed by atoms with van der Waals surface area (Å²) in [5.41, 5.74) is 0.0634. The molecule has 1 aromatic rings. The van der Waals surface area contributed by atoms with Crippen molar-refractivity contribution >= 4 is 11.9 Å². The number of hydrogen-bond acceptors (Lipinski definition) is 4. The van der Waals surface area contributed by atoms with E-state index in [0.717, 1.165) is 0 Å². The van der Waals surface area contributed by atoms with Crippen LogP contribution in [-0.2, 0) is 4.79 Å². The van der Waals surface area contributed by atoms with Gasteiger partial charge in [0.15, 0.2) is 11.5 Å². The van der Waals surface area contributed by atoms with E-state index >= 15 is 0 Å². The molecule has 0 bridgehead atoms. The minimum atomic E-state index is -0.976. The van der Waals surface area contributed by atoms with E-state index in [2.05, 4.69) is 5.32 Å². The summed E-state index contributed by atoms with van der Waals surface area (Å²) in [5.74, 6) is -1.31. The summed E-state index contributed by atoms with van der Waals surface area (Å²) in [6.07, 6.45) is 0.386. The third-order valence-corrected chi connectivity index (χ3v) is 2.98. The molecule has 0 radical (unpaired) electrons. The summed E-state index contributed by atoms with van der Waals surface area (Å²) in [5, 5.41) is 21.5. The van der Waals surface area contributed by atoms with Crippen molar-refractivity contribution in [3.63, 3.8) is 0 Å². The van der Waals surface area contributed by atoms with Gasteiger partial charge in [0.05, 0.1) is 19.1 Å². The summed E-state index contributed by atoms with van der Waals surface area (Å²) in [4.78, 5) is 23.0. The van der Waals surface area contributed by atoms with Crippen molar-refractivity contribution in [2.45, 2.75) is 32.7 Å². The molecule has 0 saturated carbocycles. The van der Waals surface area contributed by atoms with Gasteiger partial charge in [0.2, 0.25) is 0 Å². The van der Waals surface area contributed by atoms with Crippen molar-refractivity contribution in [1.29, 1.82) is 0 Å². The number of benzene rings is 1. The Balaban J connectivity index is 2.88. The van der Waals surface area contributed by atoms with Gasteiger partial charge in [-0.2, -0.15) is 0 Å². The van der Waals surface area contributed by atoms with Crippen molar-refractivity contribution in [1.82, 2.24) is 5.32 Å². The number of rotatable bonds is 7. The van der Waals surface area contributed by atoms with Crippen molar-refractivity contribution in [3.05, 3.63) is 23.8 Å². The highest BCUT2D eigenvalue weighted by molar-refractivity contribution is 5.98. The highest BCUT2D eigenvalue weighted by Gasteiger charge is 2.21. The first kappa shape index (κ1) is 16.8. The number of aliphatic carboxylic acids is 1. The minimum absolute atomic E-state index is 0.0634. The Bertz CT molecular complexity index is 513. The van der Waals surface area contributed by atoms with E-state index in [1.807, 2.05) is 13.8 Å². The predicted octanol–water partition coefficient (Wildman–Crippen LogP) is 2.02. The third kappa shape index (κ3) is 4.98. The standard InChI is InChI=1S/C15H21NO5/c1-9(2)7-10(8-13(17)18)16-15(20)11-5-4-6-12(21-3)14(11)19/h4-6,9-10,19H,7-8H2,1-3H3,(H,16,20)(H,17,18)/t10-/m1/s1. The first-order chi connectivity index (χ1) is 9.85. The summed E-state index contributed by atoms with van der Waals surface area (Å²) in [6, 6.07) is 4.10. The van der Waals surface area contributed by atoms with Gasteiger partial charge in [0.25, 0.3) is 5.91 Å². The average Bonchev–Trinajstić information content (AvgIpc) is 2.37. The second-order valence-corrected chi connectivity index (χ2v) is 5.25. The Morgan fingerprint density at radius 3 is 2.52 bits per heavy atom. The number of phenols is 1. The van der Waals surface area contributed by atoms with Gasteiger partial charge in [0.1, 0.15) is 0 Å². The number of hydrogen-bond donors (Lipinski definition) is 3. The minimum Gasteiger partial charge on any atom is -0.504 e. The number of methoxy groups -OCH3 is 1. The highest BCUT2D eigenvalue weighted by Crippen LogP contribution is 2.29. The maximum atomic E-state index is 12.2. The molecule has 0 aromatic heterocycles. The second-order valence-electron chi connectivity index (χ2n) is 5.25. The molecule has 3 N–H and O–H groups in total.